The molecule has 3 nitrogen and oxygen atoms in total. The van der Waals surface area contributed by atoms with Crippen LogP contribution in [0.1, 0.15) is 17.3 Å². The topological polar surface area (TPSA) is 40.5 Å². The predicted molar refractivity (Wildman–Crippen MR) is 81.3 cm³/mol. The summed E-state index contributed by atoms with van der Waals surface area (Å²) in [5.74, 6) is 0.308. The highest BCUT2D eigenvalue weighted by atomic mass is 16.3. The summed E-state index contributed by atoms with van der Waals surface area (Å²) in [5, 5.41) is 9.28. The Labute approximate surface area is 119 Å². The van der Waals surface area contributed by atoms with Gasteiger partial charge in [-0.25, -0.2) is 0 Å². The van der Waals surface area contributed by atoms with E-state index in [9.17, 15) is 9.90 Å². The Morgan fingerprint density at radius 3 is 2.30 bits per heavy atom. The van der Waals surface area contributed by atoms with Crippen LogP contribution in [0.25, 0.3) is 0 Å². The van der Waals surface area contributed by atoms with Crippen LogP contribution in [0.2, 0.25) is 0 Å². The zero-order valence-electron chi connectivity index (χ0n) is 11.8. The molecule has 1 N–H and O–H groups in total. The van der Waals surface area contributed by atoms with Gasteiger partial charge >= 0.3 is 0 Å². The van der Waals surface area contributed by atoms with Gasteiger partial charge in [0.05, 0.1) is 0 Å². The first kappa shape index (κ1) is 14.1. The Bertz CT molecular complexity index is 563. The van der Waals surface area contributed by atoms with E-state index < -0.39 is 0 Å². The van der Waals surface area contributed by atoms with Crippen LogP contribution in [-0.2, 0) is 0 Å². The molecule has 2 rings (SSSR count). The van der Waals surface area contributed by atoms with E-state index in [0.717, 1.165) is 11.3 Å². The maximum absolute atomic E-state index is 12.3. The maximum Gasteiger partial charge on any atom is 0.167 e. The van der Waals surface area contributed by atoms with Gasteiger partial charge in [0.1, 0.15) is 5.75 Å². The van der Waals surface area contributed by atoms with Crippen molar-refractivity contribution in [2.45, 2.75) is 6.92 Å². The number of nitrogens with zero attached hydrogens (tertiary/aromatic N) is 1. The number of benzene rings is 2. The van der Waals surface area contributed by atoms with Crippen molar-refractivity contribution in [1.29, 1.82) is 0 Å². The first-order chi connectivity index (χ1) is 9.58. The molecule has 0 spiro atoms. The summed E-state index contributed by atoms with van der Waals surface area (Å²) in [6.07, 6.45) is 0. The molecule has 20 heavy (non-hydrogen) atoms. The number of phenolic OH excluding ortho intramolecular Hbond substituents is 1. The number of carbonyl (C=O) groups excluding carboxylic acids is 1. The number of ketones is 1. The fourth-order valence-electron chi connectivity index (χ4n) is 2.19. The molecule has 0 saturated carbocycles. The average molecular weight is 269 g/mol. The van der Waals surface area contributed by atoms with Gasteiger partial charge in [0.25, 0.3) is 0 Å². The van der Waals surface area contributed by atoms with Crippen molar-refractivity contribution in [3.8, 4) is 5.75 Å². The van der Waals surface area contributed by atoms with Gasteiger partial charge in [0, 0.05) is 30.8 Å². The summed E-state index contributed by atoms with van der Waals surface area (Å²) < 4.78 is 0. The summed E-state index contributed by atoms with van der Waals surface area (Å²) in [4.78, 5) is 14.3. The van der Waals surface area contributed by atoms with Crippen LogP contribution in [0.15, 0.2) is 54.6 Å². The van der Waals surface area contributed by atoms with Crippen molar-refractivity contribution in [3.05, 3.63) is 60.2 Å². The van der Waals surface area contributed by atoms with Crippen LogP contribution in [0.4, 0.5) is 5.69 Å². The standard InChI is InChI=1S/C17H19NO2/c1-13(17(20)14-6-4-3-5-7-14)12-18(2)15-8-10-16(19)11-9-15/h3-11,13,19H,12H2,1-2H3. The lowest BCUT2D eigenvalue weighted by molar-refractivity contribution is 0.0933. The molecule has 1 atom stereocenters. The molecule has 2 aromatic carbocycles. The van der Waals surface area contributed by atoms with Crippen molar-refractivity contribution >= 4 is 11.5 Å². The van der Waals surface area contributed by atoms with Crippen molar-refractivity contribution in [2.24, 2.45) is 5.92 Å². The third-order valence-corrected chi connectivity index (χ3v) is 3.34. The van der Waals surface area contributed by atoms with E-state index in [0.29, 0.717) is 6.54 Å². The molecular weight excluding hydrogens is 250 g/mol. The molecule has 0 aromatic heterocycles. The Morgan fingerprint density at radius 1 is 1.10 bits per heavy atom. The number of rotatable bonds is 5. The number of carbonyl (C=O) groups is 1. The lowest BCUT2D eigenvalue weighted by Crippen LogP contribution is -2.28. The number of hydrogen-bond donors (Lipinski definition) is 1. The van der Waals surface area contributed by atoms with Crippen molar-refractivity contribution < 1.29 is 9.90 Å². The van der Waals surface area contributed by atoms with Crippen LogP contribution < -0.4 is 4.90 Å². The zero-order valence-corrected chi connectivity index (χ0v) is 11.8. The second-order valence-electron chi connectivity index (χ2n) is 5.03. The number of aromatic hydroxyl groups is 1. The minimum Gasteiger partial charge on any atom is -0.508 e. The molecule has 1 unspecified atom stereocenters. The van der Waals surface area contributed by atoms with Crippen LogP contribution in [0.3, 0.4) is 0 Å². The van der Waals surface area contributed by atoms with Crippen molar-refractivity contribution in [1.82, 2.24) is 0 Å². The first-order valence-corrected chi connectivity index (χ1v) is 6.67. The summed E-state index contributed by atoms with van der Waals surface area (Å²) in [6, 6.07) is 16.3. The van der Waals surface area contributed by atoms with Gasteiger partial charge in [-0.3, -0.25) is 4.79 Å². The molecule has 0 aliphatic heterocycles. The Kier molecular flexibility index (Phi) is 4.41. The van der Waals surface area contributed by atoms with Crippen LogP contribution >= 0.6 is 0 Å². The van der Waals surface area contributed by atoms with E-state index in [1.165, 1.54) is 0 Å². The van der Waals surface area contributed by atoms with Crippen LogP contribution in [0.5, 0.6) is 5.75 Å². The van der Waals surface area contributed by atoms with Gasteiger partial charge in [-0.2, -0.15) is 0 Å². The zero-order chi connectivity index (χ0) is 14.5. The molecule has 0 amide bonds. The van der Waals surface area contributed by atoms with Gasteiger partial charge in [-0.15, -0.1) is 0 Å². The monoisotopic (exact) mass is 269 g/mol. The van der Waals surface area contributed by atoms with Crippen LogP contribution in [-0.4, -0.2) is 24.5 Å². The molecule has 0 saturated heterocycles. The Hall–Kier alpha value is -2.29. The number of phenols is 1. The molecule has 0 radical (unpaired) electrons. The molecular formula is C17H19NO2. The second-order valence-corrected chi connectivity index (χ2v) is 5.03. The molecule has 0 heterocycles. The number of hydrogen-bond acceptors (Lipinski definition) is 3. The highest BCUT2D eigenvalue weighted by Gasteiger charge is 2.17. The van der Waals surface area contributed by atoms with E-state index in [1.807, 2.05) is 61.3 Å². The first-order valence-electron chi connectivity index (χ1n) is 6.67. The van der Waals surface area contributed by atoms with Gasteiger partial charge in [0.15, 0.2) is 5.78 Å². The lowest BCUT2D eigenvalue weighted by Gasteiger charge is -2.23. The maximum atomic E-state index is 12.3. The van der Waals surface area contributed by atoms with Gasteiger partial charge in [0.2, 0.25) is 0 Å². The highest BCUT2D eigenvalue weighted by molar-refractivity contribution is 5.97. The predicted octanol–water partition coefficient (Wildman–Crippen LogP) is 3.35. The largest absolute Gasteiger partial charge is 0.508 e. The van der Waals surface area contributed by atoms with Crippen molar-refractivity contribution in [2.75, 3.05) is 18.5 Å². The third-order valence-electron chi connectivity index (χ3n) is 3.34. The lowest BCUT2D eigenvalue weighted by atomic mass is 9.99. The summed E-state index contributed by atoms with van der Waals surface area (Å²) in [7, 11) is 1.95. The van der Waals surface area contributed by atoms with E-state index in [2.05, 4.69) is 0 Å². The van der Waals surface area contributed by atoms with Gasteiger partial charge < -0.3 is 10.0 Å². The van der Waals surface area contributed by atoms with Gasteiger partial charge in [-0.05, 0) is 24.3 Å². The number of anilines is 1. The normalized spacial score (nSPS) is 11.9. The second kappa shape index (κ2) is 6.24. The van der Waals surface area contributed by atoms with E-state index >= 15 is 0 Å². The number of Topliss-reactive ketones (excluding diaryl/α,β-unsaturated/α-hetero) is 1. The quantitative estimate of drug-likeness (QED) is 0.846. The molecule has 104 valence electrons. The van der Waals surface area contributed by atoms with E-state index in [-0.39, 0.29) is 17.5 Å². The molecule has 2 aromatic rings. The Morgan fingerprint density at radius 2 is 1.70 bits per heavy atom. The molecule has 0 fully saturated rings. The third kappa shape index (κ3) is 3.38. The van der Waals surface area contributed by atoms with E-state index in [1.54, 1.807) is 12.1 Å². The highest BCUT2D eigenvalue weighted by Crippen LogP contribution is 2.19. The smallest absolute Gasteiger partial charge is 0.167 e. The fraction of sp³-hybridized carbons (Fsp3) is 0.235. The minimum absolute atomic E-state index is 0.0868. The van der Waals surface area contributed by atoms with Crippen LogP contribution in [0, 0.1) is 5.92 Å². The summed E-state index contributed by atoms with van der Waals surface area (Å²) in [6.45, 7) is 2.57. The average Bonchev–Trinajstić information content (AvgIpc) is 2.48. The fourth-order valence-corrected chi connectivity index (χ4v) is 2.19. The Balaban J connectivity index is 2.02. The molecule has 0 aliphatic rings. The van der Waals surface area contributed by atoms with Gasteiger partial charge in [-0.1, -0.05) is 37.3 Å². The summed E-state index contributed by atoms with van der Waals surface area (Å²) >= 11 is 0. The molecule has 0 aliphatic carbocycles. The summed E-state index contributed by atoms with van der Waals surface area (Å²) in [5.41, 5.74) is 1.73. The van der Waals surface area contributed by atoms with Crippen molar-refractivity contribution in [3.63, 3.8) is 0 Å². The SMILES string of the molecule is CC(CN(C)c1ccc(O)cc1)C(=O)c1ccccc1. The molecule has 0 bridgehead atoms. The minimum atomic E-state index is -0.0868. The molecule has 3 heteroatoms. The van der Waals surface area contributed by atoms with E-state index in [4.69, 9.17) is 0 Å².